The lowest BCUT2D eigenvalue weighted by molar-refractivity contribution is 0.199. The number of nitrogens with one attached hydrogen (secondary N) is 1. The number of rotatable bonds is 2. The summed E-state index contributed by atoms with van der Waals surface area (Å²) >= 11 is 0. The first-order valence-corrected chi connectivity index (χ1v) is 5.17. The molecule has 0 saturated heterocycles. The van der Waals surface area contributed by atoms with Gasteiger partial charge in [0.05, 0.1) is 0 Å². The highest BCUT2D eigenvalue weighted by atomic mass is 16.2. The van der Waals surface area contributed by atoms with E-state index in [1.165, 1.54) is 19.3 Å². The van der Waals surface area contributed by atoms with Crippen molar-refractivity contribution in [3.05, 3.63) is 0 Å². The minimum atomic E-state index is -0.377. The smallest absolute Gasteiger partial charge is 0.312 e. The molecule has 2 unspecified atom stereocenters. The van der Waals surface area contributed by atoms with Gasteiger partial charge in [0.1, 0.15) is 0 Å². The van der Waals surface area contributed by atoms with Gasteiger partial charge in [-0.15, -0.1) is 0 Å². The molecule has 0 aromatic carbocycles. The van der Waals surface area contributed by atoms with Crippen LogP contribution < -0.4 is 11.1 Å². The molecule has 0 aromatic heterocycles. The zero-order valence-electron chi connectivity index (χ0n) is 8.55. The van der Waals surface area contributed by atoms with E-state index in [9.17, 15) is 4.79 Å². The Morgan fingerprint density at radius 1 is 1.38 bits per heavy atom. The summed E-state index contributed by atoms with van der Waals surface area (Å²) in [5.74, 6) is 1.25. The Bertz CT molecular complexity index is 180. The van der Waals surface area contributed by atoms with E-state index in [0.29, 0.717) is 17.9 Å². The van der Waals surface area contributed by atoms with E-state index in [1.807, 2.05) is 0 Å². The van der Waals surface area contributed by atoms with Crippen molar-refractivity contribution in [2.24, 2.45) is 17.6 Å². The van der Waals surface area contributed by atoms with Crippen molar-refractivity contribution in [1.29, 1.82) is 0 Å². The van der Waals surface area contributed by atoms with Gasteiger partial charge >= 0.3 is 6.03 Å². The van der Waals surface area contributed by atoms with E-state index in [0.717, 1.165) is 6.42 Å². The molecular weight excluding hydrogens is 164 g/mol. The second-order valence-corrected chi connectivity index (χ2v) is 4.31. The summed E-state index contributed by atoms with van der Waals surface area (Å²) in [5.41, 5.74) is 5.14. The third-order valence-electron chi connectivity index (χ3n) is 3.00. The van der Waals surface area contributed by atoms with Crippen molar-refractivity contribution < 1.29 is 4.79 Å². The highest BCUT2D eigenvalue weighted by molar-refractivity contribution is 5.72. The van der Waals surface area contributed by atoms with Gasteiger partial charge < -0.3 is 11.1 Å². The van der Waals surface area contributed by atoms with E-state index in [-0.39, 0.29) is 6.03 Å². The number of urea groups is 1. The zero-order valence-corrected chi connectivity index (χ0v) is 8.55. The third-order valence-corrected chi connectivity index (χ3v) is 3.00. The summed E-state index contributed by atoms with van der Waals surface area (Å²) < 4.78 is 0. The van der Waals surface area contributed by atoms with Gasteiger partial charge in [0.25, 0.3) is 0 Å². The molecule has 0 spiro atoms. The van der Waals surface area contributed by atoms with Crippen molar-refractivity contribution in [2.45, 2.75) is 45.6 Å². The second kappa shape index (κ2) is 4.49. The van der Waals surface area contributed by atoms with Gasteiger partial charge in [-0.1, -0.05) is 26.7 Å². The van der Waals surface area contributed by atoms with Crippen LogP contribution in [-0.2, 0) is 0 Å². The highest BCUT2D eigenvalue weighted by Gasteiger charge is 2.27. The Hall–Kier alpha value is -0.730. The van der Waals surface area contributed by atoms with Crippen molar-refractivity contribution in [2.75, 3.05) is 0 Å². The average molecular weight is 184 g/mol. The van der Waals surface area contributed by atoms with Gasteiger partial charge in [0.15, 0.2) is 0 Å². The van der Waals surface area contributed by atoms with Crippen molar-refractivity contribution in [3.8, 4) is 0 Å². The van der Waals surface area contributed by atoms with Gasteiger partial charge in [-0.3, -0.25) is 0 Å². The molecule has 1 aliphatic rings. The van der Waals surface area contributed by atoms with Gasteiger partial charge in [0, 0.05) is 6.04 Å². The lowest BCUT2D eigenvalue weighted by Gasteiger charge is -2.34. The fourth-order valence-corrected chi connectivity index (χ4v) is 2.32. The quantitative estimate of drug-likeness (QED) is 0.676. The minimum absolute atomic E-state index is 0.311. The minimum Gasteiger partial charge on any atom is -0.352 e. The lowest BCUT2D eigenvalue weighted by atomic mass is 9.78. The van der Waals surface area contributed by atoms with E-state index in [4.69, 9.17) is 5.73 Å². The topological polar surface area (TPSA) is 55.1 Å². The first-order valence-electron chi connectivity index (χ1n) is 5.17. The summed E-state index contributed by atoms with van der Waals surface area (Å²) in [6.45, 7) is 4.43. The van der Waals surface area contributed by atoms with Crippen LogP contribution in [0.5, 0.6) is 0 Å². The summed E-state index contributed by atoms with van der Waals surface area (Å²) in [6, 6.07) is -0.0659. The van der Waals surface area contributed by atoms with Gasteiger partial charge in [-0.25, -0.2) is 4.79 Å². The number of amides is 2. The molecular formula is C10H20N2O. The first kappa shape index (κ1) is 10.4. The van der Waals surface area contributed by atoms with E-state index in [1.54, 1.807) is 0 Å². The number of carbonyl (C=O) groups excluding carboxylic acids is 1. The van der Waals surface area contributed by atoms with Crippen LogP contribution in [-0.4, -0.2) is 12.1 Å². The molecule has 1 fully saturated rings. The normalized spacial score (nSPS) is 28.8. The molecule has 3 N–H and O–H groups in total. The summed E-state index contributed by atoms with van der Waals surface area (Å²) in [4.78, 5) is 10.7. The Kier molecular flexibility index (Phi) is 3.58. The molecule has 3 nitrogen and oxygen atoms in total. The Labute approximate surface area is 80.1 Å². The number of carbonyl (C=O) groups is 1. The van der Waals surface area contributed by atoms with Gasteiger partial charge in [-0.05, 0) is 24.7 Å². The van der Waals surface area contributed by atoms with Crippen molar-refractivity contribution >= 4 is 6.03 Å². The maximum atomic E-state index is 10.7. The second-order valence-electron chi connectivity index (χ2n) is 4.31. The molecule has 13 heavy (non-hydrogen) atoms. The van der Waals surface area contributed by atoms with Gasteiger partial charge in [0.2, 0.25) is 0 Å². The molecule has 3 heteroatoms. The largest absolute Gasteiger partial charge is 0.352 e. The number of hydrogen-bond acceptors (Lipinski definition) is 1. The molecule has 1 aliphatic carbocycles. The highest BCUT2D eigenvalue weighted by Crippen LogP contribution is 2.29. The van der Waals surface area contributed by atoms with Crippen LogP contribution >= 0.6 is 0 Å². The fraction of sp³-hybridized carbons (Fsp3) is 0.900. The van der Waals surface area contributed by atoms with Crippen LogP contribution in [0.3, 0.4) is 0 Å². The van der Waals surface area contributed by atoms with Crippen molar-refractivity contribution in [3.63, 3.8) is 0 Å². The molecule has 2 atom stereocenters. The molecule has 0 aliphatic heterocycles. The predicted octanol–water partition coefficient (Wildman–Crippen LogP) is 1.87. The van der Waals surface area contributed by atoms with Crippen LogP contribution in [0.2, 0.25) is 0 Å². The summed E-state index contributed by atoms with van der Waals surface area (Å²) in [5, 5.41) is 2.85. The monoisotopic (exact) mass is 184 g/mol. The average Bonchev–Trinajstić information content (AvgIpc) is 2.03. The zero-order chi connectivity index (χ0) is 9.84. The molecule has 76 valence electrons. The SMILES string of the molecule is CC(C)C1CCCCC1NC(N)=O. The number of nitrogens with two attached hydrogens (primary N) is 1. The van der Waals surface area contributed by atoms with Crippen LogP contribution in [0.1, 0.15) is 39.5 Å². The Balaban J connectivity index is 2.51. The molecule has 0 bridgehead atoms. The Morgan fingerprint density at radius 3 is 2.54 bits per heavy atom. The van der Waals surface area contributed by atoms with E-state index < -0.39 is 0 Å². The van der Waals surface area contributed by atoms with Crippen LogP contribution in [0.15, 0.2) is 0 Å². The summed E-state index contributed by atoms with van der Waals surface area (Å²) in [6.07, 6.45) is 4.82. The van der Waals surface area contributed by atoms with E-state index in [2.05, 4.69) is 19.2 Å². The maximum Gasteiger partial charge on any atom is 0.312 e. The molecule has 0 heterocycles. The maximum absolute atomic E-state index is 10.7. The summed E-state index contributed by atoms with van der Waals surface area (Å²) in [7, 11) is 0. The molecule has 1 saturated carbocycles. The molecule has 1 rings (SSSR count). The standard InChI is InChI=1S/C10H20N2O/c1-7(2)8-5-3-4-6-9(8)12-10(11)13/h7-9H,3-6H2,1-2H3,(H3,11,12,13). The predicted molar refractivity (Wildman–Crippen MR) is 53.3 cm³/mol. The lowest BCUT2D eigenvalue weighted by Crippen LogP contribution is -2.46. The van der Waals surface area contributed by atoms with Gasteiger partial charge in [-0.2, -0.15) is 0 Å². The molecule has 0 radical (unpaired) electrons. The third kappa shape index (κ3) is 2.90. The van der Waals surface area contributed by atoms with E-state index >= 15 is 0 Å². The van der Waals surface area contributed by atoms with Crippen LogP contribution in [0.25, 0.3) is 0 Å². The molecule has 2 amide bonds. The number of hydrogen-bond donors (Lipinski definition) is 2. The fourth-order valence-electron chi connectivity index (χ4n) is 2.32. The van der Waals surface area contributed by atoms with Crippen LogP contribution in [0.4, 0.5) is 4.79 Å². The molecule has 0 aromatic rings. The van der Waals surface area contributed by atoms with Crippen LogP contribution in [0, 0.1) is 11.8 Å². The number of primary amides is 1. The first-order chi connectivity index (χ1) is 6.11. The Morgan fingerprint density at radius 2 is 2.00 bits per heavy atom. The van der Waals surface area contributed by atoms with Crippen molar-refractivity contribution in [1.82, 2.24) is 5.32 Å².